The highest BCUT2D eigenvalue weighted by Crippen LogP contribution is 2.20. The highest BCUT2D eigenvalue weighted by Gasteiger charge is 2.30. The van der Waals surface area contributed by atoms with E-state index in [4.69, 9.17) is 4.74 Å². The number of aromatic nitrogens is 2. The smallest absolute Gasteiger partial charge is 0.257 e. The Bertz CT molecular complexity index is 724. The third kappa shape index (κ3) is 4.10. The van der Waals surface area contributed by atoms with Crippen LogP contribution < -0.4 is 0 Å². The van der Waals surface area contributed by atoms with Crippen molar-refractivity contribution in [1.29, 1.82) is 0 Å². The Morgan fingerprint density at radius 1 is 1.28 bits per heavy atom. The molecule has 1 aliphatic rings. The largest absolute Gasteiger partial charge is 0.376 e. The number of hydrogen-bond acceptors (Lipinski definition) is 3. The molecule has 0 spiro atoms. The molecule has 3 rings (SSSR count). The molecule has 134 valence electrons. The van der Waals surface area contributed by atoms with Crippen molar-refractivity contribution in [3.63, 3.8) is 0 Å². The summed E-state index contributed by atoms with van der Waals surface area (Å²) in [5, 5.41) is 4.35. The zero-order valence-corrected chi connectivity index (χ0v) is 15.4. The van der Waals surface area contributed by atoms with E-state index in [1.807, 2.05) is 31.9 Å². The van der Waals surface area contributed by atoms with E-state index in [9.17, 15) is 4.79 Å². The predicted molar refractivity (Wildman–Crippen MR) is 97.7 cm³/mol. The van der Waals surface area contributed by atoms with E-state index in [2.05, 4.69) is 29.4 Å². The molecule has 2 heterocycles. The van der Waals surface area contributed by atoms with Crippen molar-refractivity contribution in [2.45, 2.75) is 39.2 Å². The summed E-state index contributed by atoms with van der Waals surface area (Å²) >= 11 is 0. The summed E-state index contributed by atoms with van der Waals surface area (Å²) < 4.78 is 7.77. The van der Waals surface area contributed by atoms with Gasteiger partial charge in [-0.05, 0) is 38.7 Å². The fourth-order valence-electron chi connectivity index (χ4n) is 3.46. The maximum atomic E-state index is 12.8. The van der Waals surface area contributed by atoms with Gasteiger partial charge in [-0.1, -0.05) is 30.3 Å². The van der Waals surface area contributed by atoms with Gasteiger partial charge in [0.25, 0.3) is 5.91 Å². The van der Waals surface area contributed by atoms with Gasteiger partial charge in [0, 0.05) is 32.4 Å². The van der Waals surface area contributed by atoms with Gasteiger partial charge < -0.3 is 9.64 Å². The number of amides is 1. The summed E-state index contributed by atoms with van der Waals surface area (Å²) in [6, 6.07) is 10.5. The zero-order chi connectivity index (χ0) is 17.8. The number of rotatable bonds is 6. The molecule has 5 nitrogen and oxygen atoms in total. The van der Waals surface area contributed by atoms with Crippen LogP contribution in [0.15, 0.2) is 30.3 Å². The molecule has 1 saturated heterocycles. The van der Waals surface area contributed by atoms with Gasteiger partial charge in [0.15, 0.2) is 0 Å². The van der Waals surface area contributed by atoms with Gasteiger partial charge in [0.1, 0.15) is 0 Å². The van der Waals surface area contributed by atoms with Crippen LogP contribution in [0.25, 0.3) is 0 Å². The van der Waals surface area contributed by atoms with Crippen LogP contribution in [0.1, 0.15) is 40.2 Å². The lowest BCUT2D eigenvalue weighted by Crippen LogP contribution is -2.31. The normalized spacial score (nSPS) is 17.2. The molecule has 25 heavy (non-hydrogen) atoms. The Balaban J connectivity index is 1.46. The number of hydrogen-bond donors (Lipinski definition) is 0. The Hall–Kier alpha value is -2.14. The molecule has 1 aromatic heterocycles. The topological polar surface area (TPSA) is 47.4 Å². The van der Waals surface area contributed by atoms with Gasteiger partial charge in [-0.25, -0.2) is 0 Å². The summed E-state index contributed by atoms with van der Waals surface area (Å²) in [4.78, 5) is 14.7. The third-order valence-electron chi connectivity index (χ3n) is 4.96. The first-order valence-corrected chi connectivity index (χ1v) is 9.01. The van der Waals surface area contributed by atoms with Crippen LogP contribution in [-0.2, 0) is 18.2 Å². The zero-order valence-electron chi connectivity index (χ0n) is 15.4. The van der Waals surface area contributed by atoms with Crippen LogP contribution in [-0.4, -0.2) is 46.4 Å². The van der Waals surface area contributed by atoms with Crippen LogP contribution >= 0.6 is 0 Å². The number of nitrogens with zero attached hydrogens (tertiary/aromatic N) is 3. The molecule has 1 amide bonds. The van der Waals surface area contributed by atoms with Gasteiger partial charge in [0.05, 0.1) is 17.4 Å². The Kier molecular flexibility index (Phi) is 5.53. The molecule has 1 aromatic carbocycles. The van der Waals surface area contributed by atoms with Crippen LogP contribution in [0.5, 0.6) is 0 Å². The molecule has 0 radical (unpaired) electrons. The first-order chi connectivity index (χ1) is 12.1. The lowest BCUT2D eigenvalue weighted by Gasteiger charge is -2.17. The van der Waals surface area contributed by atoms with Crippen molar-refractivity contribution in [3.05, 3.63) is 52.8 Å². The van der Waals surface area contributed by atoms with Crippen LogP contribution in [0, 0.1) is 13.8 Å². The Labute approximate surface area is 149 Å². The van der Waals surface area contributed by atoms with Crippen LogP contribution in [0.4, 0.5) is 0 Å². The quantitative estimate of drug-likeness (QED) is 0.759. The average Bonchev–Trinajstić information content (AvgIpc) is 3.17. The molecule has 0 saturated carbocycles. The van der Waals surface area contributed by atoms with Crippen molar-refractivity contribution in [3.8, 4) is 0 Å². The predicted octanol–water partition coefficient (Wildman–Crippen LogP) is 2.90. The van der Waals surface area contributed by atoms with E-state index in [0.717, 1.165) is 49.4 Å². The number of benzene rings is 1. The second-order valence-corrected chi connectivity index (χ2v) is 6.79. The molecule has 2 aromatic rings. The third-order valence-corrected chi connectivity index (χ3v) is 4.96. The minimum atomic E-state index is 0.0819. The van der Waals surface area contributed by atoms with Gasteiger partial charge in [-0.3, -0.25) is 9.48 Å². The fraction of sp³-hybridized carbons (Fsp3) is 0.500. The summed E-state index contributed by atoms with van der Waals surface area (Å²) in [5.74, 6) is 0.0819. The maximum absolute atomic E-state index is 12.8. The molecule has 0 N–H and O–H groups in total. The molecular weight excluding hydrogens is 314 g/mol. The lowest BCUT2D eigenvalue weighted by atomic mass is 10.1. The number of carbonyl (C=O) groups excluding carboxylic acids is 1. The molecular formula is C20H27N3O2. The number of ether oxygens (including phenoxy) is 1. The van der Waals surface area contributed by atoms with E-state index < -0.39 is 0 Å². The Morgan fingerprint density at radius 2 is 2.04 bits per heavy atom. The molecule has 5 heteroatoms. The van der Waals surface area contributed by atoms with Crippen molar-refractivity contribution < 1.29 is 9.53 Å². The SMILES string of the molecule is Cc1nn(C)c(C)c1C(=O)N1CCC(OCCCc2ccccc2)C1. The van der Waals surface area contributed by atoms with Gasteiger partial charge in [0.2, 0.25) is 0 Å². The van der Waals surface area contributed by atoms with E-state index in [1.165, 1.54) is 5.56 Å². The molecule has 0 aliphatic carbocycles. The van der Waals surface area contributed by atoms with Crippen molar-refractivity contribution >= 4 is 5.91 Å². The number of likely N-dealkylation sites (tertiary alicyclic amines) is 1. The van der Waals surface area contributed by atoms with E-state index in [0.29, 0.717) is 6.54 Å². The molecule has 1 atom stereocenters. The second kappa shape index (κ2) is 7.83. The second-order valence-electron chi connectivity index (χ2n) is 6.79. The maximum Gasteiger partial charge on any atom is 0.257 e. The van der Waals surface area contributed by atoms with Gasteiger partial charge >= 0.3 is 0 Å². The molecule has 1 unspecified atom stereocenters. The first kappa shape index (κ1) is 17.7. The van der Waals surface area contributed by atoms with Crippen LogP contribution in [0.2, 0.25) is 0 Å². The highest BCUT2D eigenvalue weighted by atomic mass is 16.5. The Morgan fingerprint density at radius 3 is 2.72 bits per heavy atom. The average molecular weight is 341 g/mol. The fourth-order valence-corrected chi connectivity index (χ4v) is 3.46. The number of aryl methyl sites for hydroxylation is 3. The van der Waals surface area contributed by atoms with Gasteiger partial charge in [-0.2, -0.15) is 5.10 Å². The van der Waals surface area contributed by atoms with Crippen molar-refractivity contribution in [2.75, 3.05) is 19.7 Å². The molecule has 0 bridgehead atoms. The minimum Gasteiger partial charge on any atom is -0.376 e. The number of carbonyl (C=O) groups is 1. The summed E-state index contributed by atoms with van der Waals surface area (Å²) in [5.41, 5.74) is 3.82. The van der Waals surface area contributed by atoms with E-state index >= 15 is 0 Å². The van der Waals surface area contributed by atoms with Gasteiger partial charge in [-0.15, -0.1) is 0 Å². The minimum absolute atomic E-state index is 0.0819. The van der Waals surface area contributed by atoms with E-state index in [-0.39, 0.29) is 12.0 Å². The summed E-state index contributed by atoms with van der Waals surface area (Å²) in [6.07, 6.45) is 3.10. The standard InChI is InChI=1S/C20H27N3O2/c1-15-19(16(2)22(3)21-15)20(24)23-12-11-18(14-23)25-13-7-10-17-8-5-4-6-9-17/h4-6,8-9,18H,7,10-14H2,1-3H3. The van der Waals surface area contributed by atoms with Crippen LogP contribution in [0.3, 0.4) is 0 Å². The molecule has 1 fully saturated rings. The van der Waals surface area contributed by atoms with Crippen molar-refractivity contribution in [1.82, 2.24) is 14.7 Å². The summed E-state index contributed by atoms with van der Waals surface area (Å²) in [6.45, 7) is 6.02. The highest BCUT2D eigenvalue weighted by molar-refractivity contribution is 5.96. The lowest BCUT2D eigenvalue weighted by molar-refractivity contribution is 0.0524. The first-order valence-electron chi connectivity index (χ1n) is 9.01. The van der Waals surface area contributed by atoms with Crippen molar-refractivity contribution in [2.24, 2.45) is 7.05 Å². The van der Waals surface area contributed by atoms with E-state index in [1.54, 1.807) is 4.68 Å². The molecule has 1 aliphatic heterocycles. The monoisotopic (exact) mass is 341 g/mol. The summed E-state index contributed by atoms with van der Waals surface area (Å²) in [7, 11) is 1.88.